The van der Waals surface area contributed by atoms with Crippen LogP contribution in [0.1, 0.15) is 32.6 Å². The van der Waals surface area contributed by atoms with Crippen molar-refractivity contribution in [1.29, 1.82) is 0 Å². The average Bonchev–Trinajstić information content (AvgIpc) is 1.91. The smallest absolute Gasteiger partial charge is 0.0967 e. The van der Waals surface area contributed by atoms with Crippen LogP contribution in [0.5, 0.6) is 0 Å². The van der Waals surface area contributed by atoms with E-state index in [0.29, 0.717) is 6.61 Å². The zero-order valence-electron chi connectivity index (χ0n) is 6.45. The SMILES string of the molecule is CCCCCCO.ClCCl. The van der Waals surface area contributed by atoms with Gasteiger partial charge in [0, 0.05) is 6.61 Å². The van der Waals surface area contributed by atoms with E-state index in [1.807, 2.05) is 0 Å². The fourth-order valence-electron chi connectivity index (χ4n) is 0.539. The molecular formula is C7H16Cl2O. The van der Waals surface area contributed by atoms with Gasteiger partial charge >= 0.3 is 0 Å². The lowest BCUT2D eigenvalue weighted by Crippen LogP contribution is -1.80. The lowest BCUT2D eigenvalue weighted by atomic mass is 10.2. The van der Waals surface area contributed by atoms with E-state index < -0.39 is 0 Å². The van der Waals surface area contributed by atoms with Gasteiger partial charge in [-0.15, -0.1) is 23.2 Å². The van der Waals surface area contributed by atoms with Crippen molar-refractivity contribution >= 4 is 23.2 Å². The standard InChI is InChI=1S/C6H14O.CH2Cl2/c1-2-3-4-5-6-7;2-1-3/h7H,2-6H2,1H3;1H2. The molecule has 64 valence electrons. The van der Waals surface area contributed by atoms with Crippen LogP contribution in [0, 0.1) is 0 Å². The Morgan fingerprint density at radius 1 is 1.10 bits per heavy atom. The topological polar surface area (TPSA) is 20.2 Å². The number of rotatable bonds is 4. The first kappa shape index (κ1) is 13.2. The molecule has 0 aromatic rings. The first-order valence-corrected chi connectivity index (χ1v) is 4.63. The van der Waals surface area contributed by atoms with Crippen molar-refractivity contribution in [3.8, 4) is 0 Å². The molecule has 0 aliphatic heterocycles. The Hall–Kier alpha value is 0.540. The van der Waals surface area contributed by atoms with Crippen LogP contribution in [0.2, 0.25) is 0 Å². The van der Waals surface area contributed by atoms with Gasteiger partial charge in [0.05, 0.1) is 5.34 Å². The number of aliphatic hydroxyl groups is 1. The van der Waals surface area contributed by atoms with Crippen LogP contribution in [0.3, 0.4) is 0 Å². The minimum Gasteiger partial charge on any atom is -0.396 e. The number of aliphatic hydroxyl groups excluding tert-OH is 1. The summed E-state index contributed by atoms with van der Waals surface area (Å²) in [6.07, 6.45) is 4.68. The highest BCUT2D eigenvalue weighted by atomic mass is 35.5. The van der Waals surface area contributed by atoms with Crippen LogP contribution in [-0.2, 0) is 0 Å². The van der Waals surface area contributed by atoms with E-state index in [9.17, 15) is 0 Å². The summed E-state index contributed by atoms with van der Waals surface area (Å²) >= 11 is 9.53. The van der Waals surface area contributed by atoms with Crippen molar-refractivity contribution in [2.75, 3.05) is 11.9 Å². The van der Waals surface area contributed by atoms with E-state index >= 15 is 0 Å². The van der Waals surface area contributed by atoms with E-state index in [4.69, 9.17) is 28.3 Å². The fraction of sp³-hybridized carbons (Fsp3) is 1.00. The molecule has 3 heteroatoms. The number of hydrogen-bond donors (Lipinski definition) is 1. The number of halogens is 2. The summed E-state index contributed by atoms with van der Waals surface area (Å²) in [7, 11) is 0. The lowest BCUT2D eigenvalue weighted by Gasteiger charge is -1.90. The van der Waals surface area contributed by atoms with Gasteiger partial charge in [0.25, 0.3) is 0 Å². The first-order chi connectivity index (χ1) is 4.83. The first-order valence-electron chi connectivity index (χ1n) is 3.56. The highest BCUT2D eigenvalue weighted by Gasteiger charge is 1.80. The van der Waals surface area contributed by atoms with E-state index in [2.05, 4.69) is 6.92 Å². The third-order valence-electron chi connectivity index (χ3n) is 1.01. The summed E-state index contributed by atoms with van der Waals surface area (Å²) in [6.45, 7) is 2.53. The highest BCUT2D eigenvalue weighted by Crippen LogP contribution is 1.95. The number of hydrogen-bond acceptors (Lipinski definition) is 1. The molecule has 0 spiro atoms. The van der Waals surface area contributed by atoms with Crippen molar-refractivity contribution in [2.24, 2.45) is 0 Å². The Bertz CT molecular complexity index is 38.6. The van der Waals surface area contributed by atoms with Crippen molar-refractivity contribution in [3.63, 3.8) is 0 Å². The molecule has 0 heterocycles. The summed E-state index contributed by atoms with van der Waals surface area (Å²) in [6, 6.07) is 0. The molecule has 0 aromatic carbocycles. The molecule has 0 saturated heterocycles. The van der Waals surface area contributed by atoms with Gasteiger partial charge in [-0.25, -0.2) is 0 Å². The Balaban J connectivity index is 0. The molecule has 0 aliphatic rings. The predicted octanol–water partition coefficient (Wildman–Crippen LogP) is 2.98. The molecule has 10 heavy (non-hydrogen) atoms. The summed E-state index contributed by atoms with van der Waals surface area (Å²) in [4.78, 5) is 0. The Labute approximate surface area is 73.3 Å². The Kier molecular flexibility index (Phi) is 21.4. The summed E-state index contributed by atoms with van der Waals surface area (Å²) in [5.74, 6) is 0. The van der Waals surface area contributed by atoms with Gasteiger partial charge in [-0.3, -0.25) is 0 Å². The predicted molar refractivity (Wildman–Crippen MR) is 47.8 cm³/mol. The molecular weight excluding hydrogens is 171 g/mol. The van der Waals surface area contributed by atoms with Gasteiger partial charge in [0.1, 0.15) is 0 Å². The normalized spacial score (nSPS) is 8.40. The molecule has 0 saturated carbocycles. The zero-order valence-corrected chi connectivity index (χ0v) is 7.96. The molecule has 1 nitrogen and oxygen atoms in total. The molecule has 0 rings (SSSR count). The molecule has 0 aromatic heterocycles. The second-order valence-corrected chi connectivity index (χ2v) is 2.69. The third kappa shape index (κ3) is 23.6. The van der Waals surface area contributed by atoms with Crippen molar-refractivity contribution in [2.45, 2.75) is 32.6 Å². The average molecular weight is 187 g/mol. The van der Waals surface area contributed by atoms with Gasteiger partial charge in [0.2, 0.25) is 0 Å². The molecule has 1 N–H and O–H groups in total. The molecule has 0 amide bonds. The van der Waals surface area contributed by atoms with E-state index in [-0.39, 0.29) is 5.34 Å². The van der Waals surface area contributed by atoms with Crippen molar-refractivity contribution in [3.05, 3.63) is 0 Å². The van der Waals surface area contributed by atoms with Crippen LogP contribution < -0.4 is 0 Å². The van der Waals surface area contributed by atoms with Crippen LogP contribution in [-0.4, -0.2) is 17.1 Å². The maximum absolute atomic E-state index is 8.29. The maximum atomic E-state index is 8.29. The van der Waals surface area contributed by atoms with Crippen molar-refractivity contribution < 1.29 is 5.11 Å². The molecule has 0 fully saturated rings. The monoisotopic (exact) mass is 186 g/mol. The Morgan fingerprint density at radius 3 is 1.90 bits per heavy atom. The van der Waals surface area contributed by atoms with Gasteiger partial charge in [0.15, 0.2) is 0 Å². The lowest BCUT2D eigenvalue weighted by molar-refractivity contribution is 0.283. The number of alkyl halides is 2. The molecule has 0 atom stereocenters. The molecule has 0 radical (unpaired) electrons. The van der Waals surface area contributed by atoms with Crippen molar-refractivity contribution in [1.82, 2.24) is 0 Å². The quantitative estimate of drug-likeness (QED) is 0.529. The molecule has 0 aliphatic carbocycles. The van der Waals surface area contributed by atoms with E-state index in [1.165, 1.54) is 19.3 Å². The minimum atomic E-state index is 0.194. The van der Waals surface area contributed by atoms with Crippen LogP contribution in [0.15, 0.2) is 0 Å². The van der Waals surface area contributed by atoms with Gasteiger partial charge in [-0.05, 0) is 6.42 Å². The van der Waals surface area contributed by atoms with E-state index in [1.54, 1.807) is 0 Å². The zero-order chi connectivity index (χ0) is 8.24. The van der Waals surface area contributed by atoms with Crippen LogP contribution >= 0.6 is 23.2 Å². The van der Waals surface area contributed by atoms with E-state index in [0.717, 1.165) is 6.42 Å². The largest absolute Gasteiger partial charge is 0.396 e. The van der Waals surface area contributed by atoms with Gasteiger partial charge in [-0.1, -0.05) is 26.2 Å². The van der Waals surface area contributed by atoms with Gasteiger partial charge in [-0.2, -0.15) is 0 Å². The summed E-state index contributed by atoms with van der Waals surface area (Å²) in [5, 5.41) is 8.49. The summed E-state index contributed by atoms with van der Waals surface area (Å²) in [5.41, 5.74) is 0. The number of unbranched alkanes of at least 4 members (excludes halogenated alkanes) is 3. The summed E-state index contributed by atoms with van der Waals surface area (Å²) < 4.78 is 0. The fourth-order valence-corrected chi connectivity index (χ4v) is 0.539. The minimum absolute atomic E-state index is 0.194. The molecule has 0 bridgehead atoms. The van der Waals surface area contributed by atoms with Crippen LogP contribution in [0.25, 0.3) is 0 Å². The second kappa shape index (κ2) is 16.3. The van der Waals surface area contributed by atoms with Crippen LogP contribution in [0.4, 0.5) is 0 Å². The molecule has 0 unspecified atom stereocenters. The van der Waals surface area contributed by atoms with Gasteiger partial charge < -0.3 is 5.11 Å². The third-order valence-corrected chi connectivity index (χ3v) is 1.01. The Morgan fingerprint density at radius 2 is 1.60 bits per heavy atom. The maximum Gasteiger partial charge on any atom is 0.0967 e. The second-order valence-electron chi connectivity index (χ2n) is 1.89. The highest BCUT2D eigenvalue weighted by molar-refractivity contribution is 6.40.